The zero-order valence-corrected chi connectivity index (χ0v) is 26.2. The van der Waals surface area contributed by atoms with Crippen LogP contribution in [0, 0.1) is 17.8 Å². The van der Waals surface area contributed by atoms with Crippen LogP contribution in [0.5, 0.6) is 0 Å². The van der Waals surface area contributed by atoms with Gasteiger partial charge in [0.1, 0.15) is 23.7 Å². The van der Waals surface area contributed by atoms with Crippen molar-refractivity contribution >= 4 is 23.7 Å². The van der Waals surface area contributed by atoms with Crippen LogP contribution in [-0.4, -0.2) is 82.1 Å². The fourth-order valence-electron chi connectivity index (χ4n) is 7.29. The van der Waals surface area contributed by atoms with Crippen molar-refractivity contribution in [2.75, 3.05) is 19.7 Å². The number of fused-ring (bicyclic) bond motifs is 2. The van der Waals surface area contributed by atoms with Crippen molar-refractivity contribution in [3.63, 3.8) is 0 Å². The Morgan fingerprint density at radius 3 is 2.39 bits per heavy atom. The van der Waals surface area contributed by atoms with Crippen LogP contribution < -0.4 is 5.32 Å². The summed E-state index contributed by atoms with van der Waals surface area (Å²) in [6.07, 6.45) is 6.36. The van der Waals surface area contributed by atoms with Crippen LogP contribution in [-0.2, 0) is 35.2 Å². The van der Waals surface area contributed by atoms with Crippen LogP contribution in [0.2, 0.25) is 0 Å². The lowest BCUT2D eigenvalue weighted by atomic mass is 9.74. The van der Waals surface area contributed by atoms with Crippen molar-refractivity contribution in [1.29, 1.82) is 0 Å². The molecule has 3 amide bonds. The molecule has 2 aromatic carbocycles. The number of aliphatic hydroxyl groups excluding tert-OH is 1. The van der Waals surface area contributed by atoms with Gasteiger partial charge in [-0.2, -0.15) is 0 Å². The molecule has 4 heterocycles. The van der Waals surface area contributed by atoms with Crippen LogP contribution in [0.25, 0.3) is 0 Å². The minimum absolute atomic E-state index is 0.0637. The fourth-order valence-corrected chi connectivity index (χ4v) is 7.29. The van der Waals surface area contributed by atoms with Crippen LogP contribution >= 0.6 is 0 Å². The number of esters is 1. The molecule has 1 spiro atoms. The Hall–Kier alpha value is -4.28. The maximum Gasteiger partial charge on any atom is 0.313 e. The number of nitrogens with zero attached hydrogens (tertiary/aromatic N) is 2. The molecule has 6 rings (SSSR count). The van der Waals surface area contributed by atoms with Crippen LogP contribution in [0.3, 0.4) is 0 Å². The first-order chi connectivity index (χ1) is 22.2. The second kappa shape index (κ2) is 13.2. The van der Waals surface area contributed by atoms with E-state index >= 15 is 0 Å². The number of cyclic esters (lactones) is 1. The number of aliphatic hydroxyl groups is 1. The highest BCUT2D eigenvalue weighted by molar-refractivity contribution is 5.99. The first kappa shape index (κ1) is 31.7. The molecule has 2 aromatic rings. The zero-order chi connectivity index (χ0) is 32.4. The first-order valence-corrected chi connectivity index (χ1v) is 16.0. The van der Waals surface area contributed by atoms with Gasteiger partial charge in [-0.25, -0.2) is 0 Å². The smallest absolute Gasteiger partial charge is 0.313 e. The van der Waals surface area contributed by atoms with Gasteiger partial charge in [0.15, 0.2) is 0 Å². The van der Waals surface area contributed by atoms with Gasteiger partial charge in [0, 0.05) is 19.5 Å². The number of nitrogens with one attached hydrogen (secondary N) is 1. The van der Waals surface area contributed by atoms with Gasteiger partial charge in [0.05, 0.1) is 31.2 Å². The third kappa shape index (κ3) is 5.76. The Morgan fingerprint density at radius 2 is 1.70 bits per heavy atom. The topological polar surface area (TPSA) is 125 Å². The maximum absolute atomic E-state index is 14.8. The van der Waals surface area contributed by atoms with Gasteiger partial charge in [0.2, 0.25) is 17.7 Å². The fraction of sp³-hybridized carbons (Fsp3) is 0.444. The Labute approximate surface area is 269 Å². The van der Waals surface area contributed by atoms with Gasteiger partial charge >= 0.3 is 5.97 Å². The summed E-state index contributed by atoms with van der Waals surface area (Å²) < 4.78 is 12.6. The Balaban J connectivity index is 1.43. The summed E-state index contributed by atoms with van der Waals surface area (Å²) in [6.45, 7) is 3.99. The van der Waals surface area contributed by atoms with E-state index in [0.717, 1.165) is 5.56 Å². The van der Waals surface area contributed by atoms with E-state index in [0.29, 0.717) is 12.0 Å². The molecule has 4 aliphatic heterocycles. The average Bonchev–Trinajstić information content (AvgIpc) is 3.70. The van der Waals surface area contributed by atoms with E-state index < -0.39 is 53.6 Å². The van der Waals surface area contributed by atoms with Gasteiger partial charge in [-0.1, -0.05) is 98.8 Å². The lowest BCUT2D eigenvalue weighted by Gasteiger charge is -2.40. The highest BCUT2D eigenvalue weighted by Gasteiger charge is 2.74. The van der Waals surface area contributed by atoms with E-state index in [1.807, 2.05) is 86.7 Å². The van der Waals surface area contributed by atoms with E-state index in [-0.39, 0.29) is 50.4 Å². The zero-order valence-electron chi connectivity index (χ0n) is 26.2. The molecule has 5 bridgehead atoms. The van der Waals surface area contributed by atoms with E-state index in [2.05, 4.69) is 5.32 Å². The minimum Gasteiger partial charge on any atom is -0.455 e. The van der Waals surface area contributed by atoms with E-state index in [1.165, 1.54) is 4.90 Å². The highest BCUT2D eigenvalue weighted by Crippen LogP contribution is 2.56. The molecule has 0 unspecified atom stereocenters. The number of amides is 3. The number of hydrogen-bond acceptors (Lipinski definition) is 7. The van der Waals surface area contributed by atoms with E-state index in [9.17, 15) is 24.3 Å². The molecule has 10 nitrogen and oxygen atoms in total. The van der Waals surface area contributed by atoms with Crippen molar-refractivity contribution in [2.24, 2.45) is 17.8 Å². The number of rotatable bonds is 6. The summed E-state index contributed by atoms with van der Waals surface area (Å²) in [5, 5.41) is 13.4. The molecular weight excluding hydrogens is 586 g/mol. The molecule has 4 aliphatic rings. The highest BCUT2D eigenvalue weighted by atomic mass is 16.6. The van der Waals surface area contributed by atoms with E-state index in [1.54, 1.807) is 17.1 Å². The summed E-state index contributed by atoms with van der Waals surface area (Å²) in [4.78, 5) is 59.4. The summed E-state index contributed by atoms with van der Waals surface area (Å²) in [6, 6.07) is 16.9. The second-order valence-electron chi connectivity index (χ2n) is 12.8. The number of ether oxygens (including phenoxy) is 2. The molecule has 2 N–H and O–H groups in total. The molecule has 10 heteroatoms. The molecule has 0 aromatic heterocycles. The molecule has 0 aliphatic carbocycles. The van der Waals surface area contributed by atoms with Crippen molar-refractivity contribution in [3.05, 3.63) is 96.1 Å². The number of allylic oxidation sites excluding steroid dienone is 1. The molecule has 2 fully saturated rings. The van der Waals surface area contributed by atoms with Gasteiger partial charge in [-0.05, 0) is 23.5 Å². The van der Waals surface area contributed by atoms with Gasteiger partial charge in [-0.15, -0.1) is 0 Å². The monoisotopic (exact) mass is 627 g/mol. The molecule has 0 radical (unpaired) electrons. The number of carbonyl (C=O) groups is 4. The van der Waals surface area contributed by atoms with Crippen LogP contribution in [0.15, 0.2) is 85.0 Å². The van der Waals surface area contributed by atoms with Gasteiger partial charge in [-0.3, -0.25) is 19.2 Å². The van der Waals surface area contributed by atoms with Crippen molar-refractivity contribution in [3.8, 4) is 0 Å². The summed E-state index contributed by atoms with van der Waals surface area (Å²) in [7, 11) is 0. The lowest BCUT2D eigenvalue weighted by molar-refractivity contribution is -0.160. The standard InChI is InChI=1S/C36H41N3O7/c1-23(2)26(22-40)39-32-34(43)38(21-24-12-6-3-7-13-24)19-11-5-10-16-29(41)37-20-28(25-14-8-4-9-15-25)45-35(44)30-27-17-18-36(32,46-27)31(30)33(39)42/h3-9,11-15,17-18,23,26-28,30-32,40H,10,16,19-22H2,1-2H3,(H,37,41)/b11-5-/t26-,27+,28+,30-,31-,32+,36-/m0/s1. The normalized spacial score (nSPS) is 31.2. The lowest BCUT2D eigenvalue weighted by Crippen LogP contribution is -2.59. The van der Waals surface area contributed by atoms with Crippen molar-refractivity contribution in [2.45, 2.75) is 63.1 Å². The third-order valence-corrected chi connectivity index (χ3v) is 9.60. The van der Waals surface area contributed by atoms with Gasteiger partial charge < -0.3 is 29.7 Å². The van der Waals surface area contributed by atoms with Gasteiger partial charge in [0.25, 0.3) is 0 Å². The van der Waals surface area contributed by atoms with Crippen molar-refractivity contribution in [1.82, 2.24) is 15.1 Å². The molecule has 242 valence electrons. The third-order valence-electron chi connectivity index (χ3n) is 9.60. The first-order valence-electron chi connectivity index (χ1n) is 16.0. The molecule has 46 heavy (non-hydrogen) atoms. The molecule has 7 atom stereocenters. The van der Waals surface area contributed by atoms with Crippen LogP contribution in [0.4, 0.5) is 0 Å². The molecule has 2 saturated heterocycles. The summed E-state index contributed by atoms with van der Waals surface area (Å²) >= 11 is 0. The van der Waals surface area contributed by atoms with Crippen LogP contribution in [0.1, 0.15) is 43.9 Å². The largest absolute Gasteiger partial charge is 0.455 e. The predicted molar refractivity (Wildman–Crippen MR) is 169 cm³/mol. The Morgan fingerprint density at radius 1 is 0.978 bits per heavy atom. The average molecular weight is 628 g/mol. The second-order valence-corrected chi connectivity index (χ2v) is 12.8. The Kier molecular flexibility index (Phi) is 9.11. The SMILES string of the molecule is CC(C)[C@H](CO)N1C(=O)[C@@H]2[C@H]3C(=O)O[C@@H](c4ccccc4)CNC(=O)CC/C=C\CN(Cc4ccccc4)C(=O)[C@@H]1[C@]21C=C[C@H]3O1. The maximum atomic E-state index is 14.8. The minimum atomic E-state index is -1.41. The van der Waals surface area contributed by atoms with Crippen molar-refractivity contribution < 1.29 is 33.8 Å². The number of likely N-dealkylation sites (tertiary alicyclic amines) is 1. The molecule has 0 saturated carbocycles. The predicted octanol–water partition coefficient (Wildman–Crippen LogP) is 2.93. The quantitative estimate of drug-likeness (QED) is 0.373. The number of carbonyl (C=O) groups excluding carboxylic acids is 4. The summed E-state index contributed by atoms with van der Waals surface area (Å²) in [5.41, 5.74) is 0.198. The molecular formula is C36H41N3O7. The summed E-state index contributed by atoms with van der Waals surface area (Å²) in [5.74, 6) is -3.80. The number of hydrogen-bond donors (Lipinski definition) is 2. The number of benzene rings is 2. The van der Waals surface area contributed by atoms with E-state index in [4.69, 9.17) is 9.47 Å². The Bertz CT molecular complexity index is 1510.